The van der Waals surface area contributed by atoms with Crippen molar-refractivity contribution in [3.63, 3.8) is 0 Å². The van der Waals surface area contributed by atoms with Gasteiger partial charge in [-0.05, 0) is 31.2 Å². The zero-order valence-electron chi connectivity index (χ0n) is 16.9. The van der Waals surface area contributed by atoms with E-state index in [2.05, 4.69) is 34.5 Å². The highest BCUT2D eigenvalue weighted by atomic mass is 16.5. The van der Waals surface area contributed by atoms with Crippen molar-refractivity contribution >= 4 is 11.8 Å². The van der Waals surface area contributed by atoms with Crippen LogP contribution in [-0.2, 0) is 20.9 Å². The van der Waals surface area contributed by atoms with Crippen LogP contribution in [0.1, 0.15) is 31.2 Å². The Balaban J connectivity index is 1.38. The molecule has 154 valence electrons. The molecule has 1 heterocycles. The summed E-state index contributed by atoms with van der Waals surface area (Å²) in [5.74, 6) is 0.530. The van der Waals surface area contributed by atoms with E-state index in [1.165, 1.54) is 5.56 Å². The first-order valence-electron chi connectivity index (χ1n) is 10.5. The SMILES string of the molecule is COCCNC(=O)C1CCC(C(=O)N2CCN(Cc3ccccc3)CC2)CC1. The minimum Gasteiger partial charge on any atom is -0.383 e. The van der Waals surface area contributed by atoms with Gasteiger partial charge in [0.25, 0.3) is 0 Å². The maximum Gasteiger partial charge on any atom is 0.225 e. The van der Waals surface area contributed by atoms with Crippen LogP contribution in [0.4, 0.5) is 0 Å². The predicted molar refractivity (Wildman–Crippen MR) is 109 cm³/mol. The second kappa shape index (κ2) is 10.6. The van der Waals surface area contributed by atoms with E-state index in [9.17, 15) is 9.59 Å². The monoisotopic (exact) mass is 387 g/mol. The Kier molecular flexibility index (Phi) is 7.86. The van der Waals surface area contributed by atoms with Crippen molar-refractivity contribution in [3.05, 3.63) is 35.9 Å². The highest BCUT2D eigenvalue weighted by Crippen LogP contribution is 2.30. The molecule has 0 bridgehead atoms. The average Bonchev–Trinajstić information content (AvgIpc) is 2.75. The highest BCUT2D eigenvalue weighted by molar-refractivity contribution is 5.81. The Hall–Kier alpha value is -1.92. The molecule has 2 aliphatic rings. The largest absolute Gasteiger partial charge is 0.383 e. The van der Waals surface area contributed by atoms with E-state index in [4.69, 9.17) is 4.74 Å². The van der Waals surface area contributed by atoms with Gasteiger partial charge in [-0.15, -0.1) is 0 Å². The van der Waals surface area contributed by atoms with Crippen LogP contribution in [0.15, 0.2) is 30.3 Å². The average molecular weight is 388 g/mol. The van der Waals surface area contributed by atoms with Crippen molar-refractivity contribution in [2.45, 2.75) is 32.2 Å². The van der Waals surface area contributed by atoms with Gasteiger partial charge >= 0.3 is 0 Å². The number of carbonyl (C=O) groups is 2. The molecular formula is C22H33N3O3. The molecule has 0 radical (unpaired) electrons. The van der Waals surface area contributed by atoms with Crippen LogP contribution < -0.4 is 5.32 Å². The standard InChI is InChI=1S/C22H33N3O3/c1-28-16-11-23-21(26)19-7-9-20(10-8-19)22(27)25-14-12-24(13-15-25)17-18-5-3-2-4-6-18/h2-6,19-20H,7-17H2,1H3,(H,23,26). The summed E-state index contributed by atoms with van der Waals surface area (Å²) in [6.45, 7) is 5.52. The molecule has 1 saturated heterocycles. The van der Waals surface area contributed by atoms with E-state index >= 15 is 0 Å². The lowest BCUT2D eigenvalue weighted by molar-refractivity contribution is -0.140. The summed E-state index contributed by atoms with van der Waals surface area (Å²) in [4.78, 5) is 29.5. The first-order chi connectivity index (χ1) is 13.7. The van der Waals surface area contributed by atoms with E-state index in [0.29, 0.717) is 13.2 Å². The van der Waals surface area contributed by atoms with Gasteiger partial charge in [-0.25, -0.2) is 0 Å². The molecule has 28 heavy (non-hydrogen) atoms. The maximum absolute atomic E-state index is 12.9. The fourth-order valence-corrected chi connectivity index (χ4v) is 4.25. The third-order valence-corrected chi connectivity index (χ3v) is 5.99. The number of nitrogens with zero attached hydrogens (tertiary/aromatic N) is 2. The molecule has 6 heteroatoms. The molecular weight excluding hydrogens is 354 g/mol. The van der Waals surface area contributed by atoms with Crippen LogP contribution >= 0.6 is 0 Å². The van der Waals surface area contributed by atoms with Crippen molar-refractivity contribution in [1.29, 1.82) is 0 Å². The van der Waals surface area contributed by atoms with Crippen molar-refractivity contribution < 1.29 is 14.3 Å². The van der Waals surface area contributed by atoms with Gasteiger partial charge < -0.3 is 15.0 Å². The molecule has 1 aromatic rings. The molecule has 1 saturated carbocycles. The summed E-state index contributed by atoms with van der Waals surface area (Å²) in [6.07, 6.45) is 3.27. The lowest BCUT2D eigenvalue weighted by Crippen LogP contribution is -2.50. The number of ether oxygens (including phenoxy) is 1. The molecule has 0 unspecified atom stereocenters. The van der Waals surface area contributed by atoms with E-state index in [1.807, 2.05) is 11.0 Å². The third-order valence-electron chi connectivity index (χ3n) is 5.99. The molecule has 0 atom stereocenters. The quantitative estimate of drug-likeness (QED) is 0.726. The fraction of sp³-hybridized carbons (Fsp3) is 0.636. The van der Waals surface area contributed by atoms with Gasteiger partial charge in [0.2, 0.25) is 11.8 Å². The second-order valence-electron chi connectivity index (χ2n) is 7.92. The number of hydrogen-bond acceptors (Lipinski definition) is 4. The molecule has 2 amide bonds. The number of piperazine rings is 1. The molecule has 1 N–H and O–H groups in total. The molecule has 2 fully saturated rings. The van der Waals surface area contributed by atoms with Gasteiger partial charge in [-0.2, -0.15) is 0 Å². The number of carbonyl (C=O) groups excluding carboxylic acids is 2. The predicted octanol–water partition coefficient (Wildman–Crippen LogP) is 1.90. The summed E-state index contributed by atoms with van der Waals surface area (Å²) in [7, 11) is 1.63. The Morgan fingerprint density at radius 2 is 1.64 bits per heavy atom. The lowest BCUT2D eigenvalue weighted by atomic mass is 9.81. The molecule has 6 nitrogen and oxygen atoms in total. The first kappa shape index (κ1) is 20.8. The number of amides is 2. The highest BCUT2D eigenvalue weighted by Gasteiger charge is 2.33. The number of nitrogens with one attached hydrogen (secondary N) is 1. The normalized spacial score (nSPS) is 23.4. The summed E-state index contributed by atoms with van der Waals surface area (Å²) < 4.78 is 4.97. The zero-order chi connectivity index (χ0) is 19.8. The smallest absolute Gasteiger partial charge is 0.225 e. The van der Waals surface area contributed by atoms with Crippen molar-refractivity contribution in [2.24, 2.45) is 11.8 Å². The van der Waals surface area contributed by atoms with Gasteiger partial charge in [0, 0.05) is 58.2 Å². The molecule has 1 aliphatic heterocycles. The van der Waals surface area contributed by atoms with E-state index in [0.717, 1.165) is 58.4 Å². The van der Waals surface area contributed by atoms with Crippen LogP contribution in [0.5, 0.6) is 0 Å². The van der Waals surface area contributed by atoms with Gasteiger partial charge in [0.15, 0.2) is 0 Å². The maximum atomic E-state index is 12.9. The Labute approximate surface area is 168 Å². The first-order valence-corrected chi connectivity index (χ1v) is 10.5. The van der Waals surface area contributed by atoms with Crippen LogP contribution in [0.25, 0.3) is 0 Å². The Morgan fingerprint density at radius 1 is 1.00 bits per heavy atom. The van der Waals surface area contributed by atoms with E-state index < -0.39 is 0 Å². The lowest BCUT2D eigenvalue weighted by Gasteiger charge is -2.37. The number of rotatable bonds is 7. The molecule has 1 aliphatic carbocycles. The van der Waals surface area contributed by atoms with Gasteiger partial charge in [0.05, 0.1) is 6.61 Å². The molecule has 0 spiro atoms. The number of methoxy groups -OCH3 is 1. The van der Waals surface area contributed by atoms with Crippen LogP contribution in [0.3, 0.4) is 0 Å². The van der Waals surface area contributed by atoms with Gasteiger partial charge in [-0.3, -0.25) is 14.5 Å². The second-order valence-corrected chi connectivity index (χ2v) is 7.92. The van der Waals surface area contributed by atoms with E-state index in [1.54, 1.807) is 7.11 Å². The van der Waals surface area contributed by atoms with Crippen LogP contribution in [0, 0.1) is 11.8 Å². The number of benzene rings is 1. The van der Waals surface area contributed by atoms with Crippen LogP contribution in [-0.4, -0.2) is 68.1 Å². The number of hydrogen-bond donors (Lipinski definition) is 1. The van der Waals surface area contributed by atoms with E-state index in [-0.39, 0.29) is 23.7 Å². The Bertz CT molecular complexity index is 621. The minimum atomic E-state index is 0.0450. The van der Waals surface area contributed by atoms with Gasteiger partial charge in [-0.1, -0.05) is 30.3 Å². The van der Waals surface area contributed by atoms with Crippen molar-refractivity contribution in [2.75, 3.05) is 46.4 Å². The zero-order valence-corrected chi connectivity index (χ0v) is 16.9. The molecule has 0 aromatic heterocycles. The molecule has 1 aromatic carbocycles. The third kappa shape index (κ3) is 5.79. The van der Waals surface area contributed by atoms with Crippen molar-refractivity contribution in [1.82, 2.24) is 15.1 Å². The summed E-state index contributed by atoms with van der Waals surface area (Å²) in [5.41, 5.74) is 1.32. The topological polar surface area (TPSA) is 61.9 Å². The summed E-state index contributed by atoms with van der Waals surface area (Å²) in [6, 6.07) is 10.5. The Morgan fingerprint density at radius 3 is 2.29 bits per heavy atom. The fourth-order valence-electron chi connectivity index (χ4n) is 4.25. The minimum absolute atomic E-state index is 0.0450. The summed E-state index contributed by atoms with van der Waals surface area (Å²) in [5, 5.41) is 2.92. The van der Waals surface area contributed by atoms with Crippen molar-refractivity contribution in [3.8, 4) is 0 Å². The molecule has 3 rings (SSSR count). The van der Waals surface area contributed by atoms with Crippen LogP contribution in [0.2, 0.25) is 0 Å². The summed E-state index contributed by atoms with van der Waals surface area (Å²) >= 11 is 0. The van der Waals surface area contributed by atoms with Gasteiger partial charge in [0.1, 0.15) is 0 Å².